The number of hydrogen-bond acceptors (Lipinski definition) is 5. The fraction of sp³-hybridized carbons (Fsp3) is 0.462. The van der Waals surface area contributed by atoms with Gasteiger partial charge in [0.15, 0.2) is 0 Å². The van der Waals surface area contributed by atoms with Crippen LogP contribution in [0.15, 0.2) is 17.1 Å². The Bertz CT molecular complexity index is 680. The third-order valence-electron chi connectivity index (χ3n) is 3.02. The zero-order chi connectivity index (χ0) is 15.4. The molecule has 2 rings (SSSR count). The van der Waals surface area contributed by atoms with Crippen LogP contribution in [-0.4, -0.2) is 32.7 Å². The van der Waals surface area contributed by atoms with E-state index >= 15 is 0 Å². The van der Waals surface area contributed by atoms with Gasteiger partial charge in [0.1, 0.15) is 5.75 Å². The molecule has 21 heavy (non-hydrogen) atoms. The Kier molecular flexibility index (Phi) is 4.98. The molecule has 8 heteroatoms. The summed E-state index contributed by atoms with van der Waals surface area (Å²) in [6.45, 7) is 3.09. The molecule has 7 nitrogen and oxygen atoms in total. The van der Waals surface area contributed by atoms with Crippen LogP contribution in [0.5, 0.6) is 5.75 Å². The Morgan fingerprint density at radius 2 is 2.24 bits per heavy atom. The standard InChI is InChI=1S/C13H18ClN5O2/c1-9-13(14)11(18(2)17-9)8-19-12(20)6-10(7-16-19)21-5-3-4-15/h6-7H,3-5,8,15H2,1-2H3. The van der Waals surface area contributed by atoms with E-state index < -0.39 is 0 Å². The van der Waals surface area contributed by atoms with Crippen LogP contribution in [0.2, 0.25) is 5.02 Å². The summed E-state index contributed by atoms with van der Waals surface area (Å²) in [6, 6.07) is 1.40. The lowest BCUT2D eigenvalue weighted by Crippen LogP contribution is -2.24. The van der Waals surface area contributed by atoms with Crippen molar-refractivity contribution in [3.05, 3.63) is 39.0 Å². The molecule has 0 aliphatic carbocycles. The van der Waals surface area contributed by atoms with Crippen LogP contribution in [0.3, 0.4) is 0 Å². The zero-order valence-electron chi connectivity index (χ0n) is 12.0. The average Bonchev–Trinajstić information content (AvgIpc) is 2.68. The molecule has 0 aliphatic rings. The second-order valence-corrected chi connectivity index (χ2v) is 5.03. The van der Waals surface area contributed by atoms with Crippen molar-refractivity contribution in [3.63, 3.8) is 0 Å². The number of nitrogens with two attached hydrogens (primary N) is 1. The summed E-state index contributed by atoms with van der Waals surface area (Å²) >= 11 is 6.17. The molecule has 0 bridgehead atoms. The minimum absolute atomic E-state index is 0.254. The van der Waals surface area contributed by atoms with Crippen molar-refractivity contribution in [3.8, 4) is 5.75 Å². The molecule has 0 unspecified atom stereocenters. The molecule has 2 heterocycles. The van der Waals surface area contributed by atoms with E-state index in [2.05, 4.69) is 10.2 Å². The third-order valence-corrected chi connectivity index (χ3v) is 3.51. The Morgan fingerprint density at radius 1 is 1.48 bits per heavy atom. The van der Waals surface area contributed by atoms with Crippen LogP contribution in [0.4, 0.5) is 0 Å². The van der Waals surface area contributed by atoms with Gasteiger partial charge in [0.25, 0.3) is 5.56 Å². The summed E-state index contributed by atoms with van der Waals surface area (Å²) in [5.74, 6) is 0.442. The van der Waals surface area contributed by atoms with Gasteiger partial charge in [-0.2, -0.15) is 10.2 Å². The van der Waals surface area contributed by atoms with Crippen LogP contribution >= 0.6 is 11.6 Å². The van der Waals surface area contributed by atoms with Crippen molar-refractivity contribution in [2.45, 2.75) is 19.9 Å². The fourth-order valence-corrected chi connectivity index (χ4v) is 2.10. The van der Waals surface area contributed by atoms with Gasteiger partial charge in [-0.15, -0.1) is 0 Å². The molecule has 0 fully saturated rings. The van der Waals surface area contributed by atoms with Crippen molar-refractivity contribution in [1.82, 2.24) is 19.6 Å². The minimum atomic E-state index is -0.254. The van der Waals surface area contributed by atoms with Crippen molar-refractivity contribution in [2.75, 3.05) is 13.2 Å². The number of aryl methyl sites for hydroxylation is 2. The first-order valence-corrected chi connectivity index (χ1v) is 6.98. The van der Waals surface area contributed by atoms with Crippen LogP contribution in [0.25, 0.3) is 0 Å². The highest BCUT2D eigenvalue weighted by Crippen LogP contribution is 2.19. The summed E-state index contributed by atoms with van der Waals surface area (Å²) < 4.78 is 8.35. The molecule has 2 aromatic heterocycles. The van der Waals surface area contributed by atoms with Gasteiger partial charge in [-0.1, -0.05) is 11.6 Å². The highest BCUT2D eigenvalue weighted by atomic mass is 35.5. The molecule has 0 amide bonds. The molecule has 2 N–H and O–H groups in total. The van der Waals surface area contributed by atoms with Gasteiger partial charge in [-0.05, 0) is 19.9 Å². The first kappa shape index (κ1) is 15.5. The average molecular weight is 312 g/mol. The van der Waals surface area contributed by atoms with Gasteiger partial charge in [0.05, 0.1) is 35.8 Å². The Hall–Kier alpha value is -1.86. The minimum Gasteiger partial charge on any atom is -0.492 e. The highest BCUT2D eigenvalue weighted by molar-refractivity contribution is 6.31. The smallest absolute Gasteiger partial charge is 0.270 e. The van der Waals surface area contributed by atoms with Crippen molar-refractivity contribution >= 4 is 11.6 Å². The maximum Gasteiger partial charge on any atom is 0.270 e. The number of halogens is 1. The van der Waals surface area contributed by atoms with E-state index in [1.165, 1.54) is 16.9 Å². The van der Waals surface area contributed by atoms with E-state index in [9.17, 15) is 4.79 Å². The predicted octanol–water partition coefficient (Wildman–Crippen LogP) is 0.715. The van der Waals surface area contributed by atoms with E-state index in [-0.39, 0.29) is 12.1 Å². The summed E-state index contributed by atoms with van der Waals surface area (Å²) in [4.78, 5) is 12.0. The van der Waals surface area contributed by atoms with Gasteiger partial charge in [0, 0.05) is 13.1 Å². The molecule has 0 atom stereocenters. The van der Waals surface area contributed by atoms with Gasteiger partial charge in [0.2, 0.25) is 0 Å². The lowest BCUT2D eigenvalue weighted by atomic mass is 10.3. The maximum absolute atomic E-state index is 12.0. The van der Waals surface area contributed by atoms with Gasteiger partial charge < -0.3 is 10.5 Å². The number of hydrogen-bond donors (Lipinski definition) is 1. The normalized spacial score (nSPS) is 10.9. The van der Waals surface area contributed by atoms with Crippen LogP contribution in [0.1, 0.15) is 17.8 Å². The van der Waals surface area contributed by atoms with Gasteiger partial charge >= 0.3 is 0 Å². The summed E-state index contributed by atoms with van der Waals surface area (Å²) in [7, 11) is 1.78. The predicted molar refractivity (Wildman–Crippen MR) is 79.7 cm³/mol. The van der Waals surface area contributed by atoms with Gasteiger partial charge in [-0.25, -0.2) is 4.68 Å². The molecule has 0 radical (unpaired) electrons. The molecule has 114 valence electrons. The van der Waals surface area contributed by atoms with E-state index in [1.54, 1.807) is 11.7 Å². The molecule has 0 saturated carbocycles. The third kappa shape index (κ3) is 3.62. The first-order valence-electron chi connectivity index (χ1n) is 6.61. The first-order chi connectivity index (χ1) is 10.0. The molecule has 0 aromatic carbocycles. The van der Waals surface area contributed by atoms with E-state index in [0.717, 1.165) is 17.8 Å². The summed E-state index contributed by atoms with van der Waals surface area (Å²) in [6.07, 6.45) is 2.24. The SMILES string of the molecule is Cc1nn(C)c(Cn2ncc(OCCCN)cc2=O)c1Cl. The molecule has 0 aliphatic heterocycles. The molecule has 0 saturated heterocycles. The lowest BCUT2D eigenvalue weighted by molar-refractivity contribution is 0.309. The molecule has 0 spiro atoms. The lowest BCUT2D eigenvalue weighted by Gasteiger charge is -2.08. The number of aromatic nitrogens is 4. The topological polar surface area (TPSA) is 88.0 Å². The fourth-order valence-electron chi connectivity index (χ4n) is 1.88. The van der Waals surface area contributed by atoms with Gasteiger partial charge in [-0.3, -0.25) is 9.48 Å². The van der Waals surface area contributed by atoms with E-state index in [0.29, 0.717) is 23.9 Å². The Balaban J connectivity index is 2.16. The summed E-state index contributed by atoms with van der Waals surface area (Å²) in [5, 5.41) is 8.85. The van der Waals surface area contributed by atoms with Crippen LogP contribution < -0.4 is 16.0 Å². The van der Waals surface area contributed by atoms with Crippen LogP contribution in [-0.2, 0) is 13.6 Å². The number of nitrogens with zero attached hydrogens (tertiary/aromatic N) is 4. The monoisotopic (exact) mass is 311 g/mol. The van der Waals surface area contributed by atoms with Crippen molar-refractivity contribution < 1.29 is 4.74 Å². The summed E-state index contributed by atoms with van der Waals surface area (Å²) in [5.41, 5.74) is 6.59. The second kappa shape index (κ2) is 6.73. The number of rotatable bonds is 6. The van der Waals surface area contributed by atoms with Crippen molar-refractivity contribution in [2.24, 2.45) is 12.8 Å². The molecule has 2 aromatic rings. The largest absolute Gasteiger partial charge is 0.492 e. The highest BCUT2D eigenvalue weighted by Gasteiger charge is 2.13. The Morgan fingerprint density at radius 3 is 2.81 bits per heavy atom. The van der Waals surface area contributed by atoms with Crippen molar-refractivity contribution in [1.29, 1.82) is 0 Å². The van der Waals surface area contributed by atoms with E-state index in [1.807, 2.05) is 6.92 Å². The van der Waals surface area contributed by atoms with E-state index in [4.69, 9.17) is 22.1 Å². The number of ether oxygens (including phenoxy) is 1. The molecular weight excluding hydrogens is 294 g/mol. The zero-order valence-corrected chi connectivity index (χ0v) is 12.8. The Labute approximate surface area is 127 Å². The quantitative estimate of drug-likeness (QED) is 0.794. The second-order valence-electron chi connectivity index (χ2n) is 4.65. The maximum atomic E-state index is 12.0. The van der Waals surface area contributed by atoms with Crippen LogP contribution in [0, 0.1) is 6.92 Å². The molecular formula is C13H18ClN5O2.